The molecular weight excluding hydrogens is 250 g/mol. The van der Waals surface area contributed by atoms with Crippen molar-refractivity contribution in [2.75, 3.05) is 11.1 Å². The van der Waals surface area contributed by atoms with Gasteiger partial charge in [-0.15, -0.1) is 0 Å². The fraction of sp³-hybridized carbons (Fsp3) is 0.267. The first-order valence-electron chi connectivity index (χ1n) is 6.62. The Hall–Kier alpha value is -2.61. The van der Waals surface area contributed by atoms with E-state index < -0.39 is 0 Å². The minimum atomic E-state index is 0.481. The van der Waals surface area contributed by atoms with Crippen LogP contribution in [0.4, 0.5) is 11.6 Å². The molecule has 1 aliphatic carbocycles. The molecule has 5 nitrogen and oxygen atoms in total. The molecule has 0 spiro atoms. The maximum absolute atomic E-state index is 8.76. The highest BCUT2D eigenvalue weighted by Crippen LogP contribution is 2.38. The third-order valence-electron chi connectivity index (χ3n) is 3.26. The van der Waals surface area contributed by atoms with Gasteiger partial charge in [0.15, 0.2) is 0 Å². The number of anilines is 2. The number of aromatic nitrogens is 2. The molecule has 2 aromatic rings. The van der Waals surface area contributed by atoms with Gasteiger partial charge in [0.05, 0.1) is 11.6 Å². The van der Waals surface area contributed by atoms with E-state index in [9.17, 15) is 0 Å². The van der Waals surface area contributed by atoms with Crippen LogP contribution in [-0.4, -0.2) is 9.97 Å². The van der Waals surface area contributed by atoms with Crippen molar-refractivity contribution in [2.45, 2.75) is 25.3 Å². The lowest BCUT2D eigenvalue weighted by Gasteiger charge is -2.08. The van der Waals surface area contributed by atoms with Crippen molar-refractivity contribution >= 4 is 11.6 Å². The molecule has 20 heavy (non-hydrogen) atoms. The highest BCUT2D eigenvalue weighted by Gasteiger charge is 2.27. The molecule has 100 valence electrons. The molecule has 1 aromatic carbocycles. The lowest BCUT2D eigenvalue weighted by Crippen LogP contribution is -2.06. The van der Waals surface area contributed by atoms with E-state index >= 15 is 0 Å². The summed E-state index contributed by atoms with van der Waals surface area (Å²) in [6, 6.07) is 11.3. The van der Waals surface area contributed by atoms with Crippen LogP contribution in [0.5, 0.6) is 0 Å². The van der Waals surface area contributed by atoms with Crippen molar-refractivity contribution in [3.63, 3.8) is 0 Å². The van der Waals surface area contributed by atoms with E-state index in [4.69, 9.17) is 11.0 Å². The predicted octanol–water partition coefficient (Wildman–Crippen LogP) is 2.42. The standard InChI is InChI=1S/C15H15N5/c16-8-10-1-3-11(4-2-10)9-18-14-7-13(17)19-15(20-14)12-5-6-12/h1-4,7,12H,5-6,9H2,(H3,17,18,19,20). The molecule has 0 amide bonds. The van der Waals surface area contributed by atoms with Gasteiger partial charge in [-0.25, -0.2) is 9.97 Å². The van der Waals surface area contributed by atoms with Crippen LogP contribution in [0.15, 0.2) is 30.3 Å². The lowest BCUT2D eigenvalue weighted by atomic mass is 10.1. The minimum absolute atomic E-state index is 0.481. The van der Waals surface area contributed by atoms with Gasteiger partial charge in [0.2, 0.25) is 0 Å². The molecular formula is C15H15N5. The zero-order chi connectivity index (χ0) is 13.9. The molecule has 1 aromatic heterocycles. The molecule has 0 radical (unpaired) electrons. The first-order chi connectivity index (χ1) is 9.74. The van der Waals surface area contributed by atoms with Gasteiger partial charge in [-0.1, -0.05) is 12.1 Å². The molecule has 1 fully saturated rings. The second kappa shape index (κ2) is 5.17. The summed E-state index contributed by atoms with van der Waals surface area (Å²) in [4.78, 5) is 8.75. The van der Waals surface area contributed by atoms with Gasteiger partial charge in [-0.3, -0.25) is 0 Å². The van der Waals surface area contributed by atoms with Gasteiger partial charge in [-0.05, 0) is 30.5 Å². The van der Waals surface area contributed by atoms with Crippen molar-refractivity contribution in [1.82, 2.24) is 9.97 Å². The van der Waals surface area contributed by atoms with Gasteiger partial charge < -0.3 is 11.1 Å². The average molecular weight is 265 g/mol. The van der Waals surface area contributed by atoms with Gasteiger partial charge in [0, 0.05) is 18.5 Å². The van der Waals surface area contributed by atoms with Crippen molar-refractivity contribution in [1.29, 1.82) is 5.26 Å². The highest BCUT2D eigenvalue weighted by atomic mass is 15.1. The molecule has 0 unspecified atom stereocenters. The SMILES string of the molecule is N#Cc1ccc(CNc2cc(N)nc(C3CC3)n2)cc1. The summed E-state index contributed by atoms with van der Waals surface area (Å²) in [7, 11) is 0. The predicted molar refractivity (Wildman–Crippen MR) is 76.9 cm³/mol. The first kappa shape index (κ1) is 12.4. The first-order valence-corrected chi connectivity index (χ1v) is 6.62. The average Bonchev–Trinajstić information content (AvgIpc) is 3.30. The number of nitrogens with one attached hydrogen (secondary N) is 1. The summed E-state index contributed by atoms with van der Waals surface area (Å²) in [6.45, 7) is 0.645. The number of nitrogens with zero attached hydrogens (tertiary/aromatic N) is 3. The van der Waals surface area contributed by atoms with Gasteiger partial charge in [-0.2, -0.15) is 5.26 Å². The van der Waals surface area contributed by atoms with Gasteiger partial charge in [0.25, 0.3) is 0 Å². The Labute approximate surface area is 117 Å². The fourth-order valence-electron chi connectivity index (χ4n) is 1.99. The third-order valence-corrected chi connectivity index (χ3v) is 3.26. The summed E-state index contributed by atoms with van der Waals surface area (Å²) in [6.07, 6.45) is 2.30. The number of nitrogen functional groups attached to an aromatic ring is 1. The largest absolute Gasteiger partial charge is 0.384 e. The van der Waals surface area contributed by atoms with Crippen LogP contribution < -0.4 is 11.1 Å². The highest BCUT2D eigenvalue weighted by molar-refractivity contribution is 5.46. The summed E-state index contributed by atoms with van der Waals surface area (Å²) >= 11 is 0. The van der Waals surface area contributed by atoms with Crippen LogP contribution in [0, 0.1) is 11.3 Å². The monoisotopic (exact) mass is 265 g/mol. The Morgan fingerprint density at radius 3 is 2.65 bits per heavy atom. The Morgan fingerprint density at radius 2 is 2.00 bits per heavy atom. The van der Waals surface area contributed by atoms with E-state index in [1.807, 2.05) is 12.1 Å². The third kappa shape index (κ3) is 2.86. The maximum Gasteiger partial charge on any atom is 0.136 e. The summed E-state index contributed by atoms with van der Waals surface area (Å²) in [5.41, 5.74) is 7.56. The maximum atomic E-state index is 8.76. The molecule has 5 heteroatoms. The van der Waals surface area contributed by atoms with Gasteiger partial charge in [0.1, 0.15) is 17.5 Å². The zero-order valence-corrected chi connectivity index (χ0v) is 11.0. The van der Waals surface area contributed by atoms with E-state index in [-0.39, 0.29) is 0 Å². The molecule has 0 saturated heterocycles. The molecule has 1 heterocycles. The van der Waals surface area contributed by atoms with E-state index in [0.717, 1.165) is 30.0 Å². The van der Waals surface area contributed by atoms with Crippen LogP contribution >= 0.6 is 0 Å². The van der Waals surface area contributed by atoms with E-state index in [0.29, 0.717) is 23.8 Å². The number of nitriles is 1. The van der Waals surface area contributed by atoms with Crippen LogP contribution in [0.3, 0.4) is 0 Å². The fourth-order valence-corrected chi connectivity index (χ4v) is 1.99. The Bertz CT molecular complexity index is 653. The molecule has 0 aliphatic heterocycles. The van der Waals surface area contributed by atoms with E-state index in [1.54, 1.807) is 18.2 Å². The second-order valence-electron chi connectivity index (χ2n) is 4.97. The second-order valence-corrected chi connectivity index (χ2v) is 4.97. The smallest absolute Gasteiger partial charge is 0.136 e. The lowest BCUT2D eigenvalue weighted by molar-refractivity contribution is 0.926. The number of hydrogen-bond acceptors (Lipinski definition) is 5. The molecule has 3 rings (SSSR count). The van der Waals surface area contributed by atoms with Crippen molar-refractivity contribution in [3.8, 4) is 6.07 Å². The number of rotatable bonds is 4. The summed E-state index contributed by atoms with van der Waals surface area (Å²) < 4.78 is 0. The van der Waals surface area contributed by atoms with Crippen LogP contribution in [-0.2, 0) is 6.54 Å². The van der Waals surface area contributed by atoms with Crippen molar-refractivity contribution in [3.05, 3.63) is 47.3 Å². The van der Waals surface area contributed by atoms with Crippen molar-refractivity contribution < 1.29 is 0 Å². The Morgan fingerprint density at radius 1 is 1.25 bits per heavy atom. The zero-order valence-electron chi connectivity index (χ0n) is 11.0. The van der Waals surface area contributed by atoms with Gasteiger partial charge >= 0.3 is 0 Å². The molecule has 3 N–H and O–H groups in total. The van der Waals surface area contributed by atoms with E-state index in [1.165, 1.54) is 0 Å². The molecule has 1 aliphatic rings. The number of nitrogens with two attached hydrogens (primary N) is 1. The van der Waals surface area contributed by atoms with Crippen LogP contribution in [0.25, 0.3) is 0 Å². The number of hydrogen-bond donors (Lipinski definition) is 2. The molecule has 0 bridgehead atoms. The summed E-state index contributed by atoms with van der Waals surface area (Å²) in [5.74, 6) is 2.58. The Balaban J connectivity index is 1.69. The minimum Gasteiger partial charge on any atom is -0.384 e. The summed E-state index contributed by atoms with van der Waals surface area (Å²) in [5, 5.41) is 12.0. The van der Waals surface area contributed by atoms with E-state index in [2.05, 4.69) is 21.4 Å². The Kier molecular flexibility index (Phi) is 3.21. The topological polar surface area (TPSA) is 87.6 Å². The molecule has 1 saturated carbocycles. The number of benzene rings is 1. The van der Waals surface area contributed by atoms with Crippen LogP contribution in [0.2, 0.25) is 0 Å². The normalized spacial score (nSPS) is 13.8. The van der Waals surface area contributed by atoms with Crippen LogP contribution in [0.1, 0.15) is 35.7 Å². The quantitative estimate of drug-likeness (QED) is 0.886. The molecule has 0 atom stereocenters. The van der Waals surface area contributed by atoms with Crippen molar-refractivity contribution in [2.24, 2.45) is 0 Å².